The highest BCUT2D eigenvalue weighted by Crippen LogP contribution is 2.49. The number of carbonyl (C=O) groups is 3. The van der Waals surface area contributed by atoms with Crippen molar-refractivity contribution in [3.05, 3.63) is 83.9 Å². The quantitative estimate of drug-likeness (QED) is 0.537. The Morgan fingerprint density at radius 2 is 1.76 bits per heavy atom. The molecule has 0 unspecified atom stereocenters. The molecule has 2 heterocycles. The lowest BCUT2D eigenvalue weighted by Gasteiger charge is -2.36. The molecular formula is C26H28N4O4. The molecule has 34 heavy (non-hydrogen) atoms. The third-order valence-corrected chi connectivity index (χ3v) is 6.28. The van der Waals surface area contributed by atoms with Gasteiger partial charge in [-0.1, -0.05) is 48.5 Å². The van der Waals surface area contributed by atoms with E-state index in [1.807, 2.05) is 39.0 Å². The Hall–Kier alpha value is -3.94. The Morgan fingerprint density at radius 3 is 2.41 bits per heavy atom. The summed E-state index contributed by atoms with van der Waals surface area (Å²) in [6.45, 7) is 6.13. The van der Waals surface area contributed by atoms with Gasteiger partial charge in [-0.25, -0.2) is 9.78 Å². The molecule has 0 fully saturated rings. The molecule has 2 atom stereocenters. The Morgan fingerprint density at radius 1 is 1.09 bits per heavy atom. The summed E-state index contributed by atoms with van der Waals surface area (Å²) in [6, 6.07) is 16.2. The number of aromatic nitrogens is 2. The number of benzene rings is 2. The maximum atomic E-state index is 14.3. The lowest BCUT2D eigenvalue weighted by atomic mass is 9.72. The van der Waals surface area contributed by atoms with Gasteiger partial charge in [0.1, 0.15) is 0 Å². The molecule has 1 aromatic heterocycles. The lowest BCUT2D eigenvalue weighted by Crippen LogP contribution is -2.58. The lowest BCUT2D eigenvalue weighted by molar-refractivity contribution is -0.124. The number of likely N-dealkylation sites (N-methyl/N-ethyl adjacent to an activating group) is 1. The molecule has 2 aromatic carbocycles. The molecule has 0 radical (unpaired) electrons. The van der Waals surface area contributed by atoms with Crippen molar-refractivity contribution >= 4 is 23.5 Å². The fourth-order valence-electron chi connectivity index (χ4n) is 4.77. The van der Waals surface area contributed by atoms with Crippen molar-refractivity contribution in [2.45, 2.75) is 38.3 Å². The van der Waals surface area contributed by atoms with Crippen LogP contribution >= 0.6 is 0 Å². The van der Waals surface area contributed by atoms with Crippen LogP contribution in [0.4, 0.5) is 10.5 Å². The predicted molar refractivity (Wildman–Crippen MR) is 128 cm³/mol. The first-order valence-corrected chi connectivity index (χ1v) is 11.3. The van der Waals surface area contributed by atoms with Crippen LogP contribution in [0, 0.1) is 0 Å². The second kappa shape index (κ2) is 9.13. The van der Waals surface area contributed by atoms with Crippen molar-refractivity contribution in [3.63, 3.8) is 0 Å². The summed E-state index contributed by atoms with van der Waals surface area (Å²) < 4.78 is 6.71. The Balaban J connectivity index is 2.04. The number of imidazole rings is 1. The monoisotopic (exact) mass is 460 g/mol. The number of anilines is 1. The summed E-state index contributed by atoms with van der Waals surface area (Å²) in [7, 11) is 1.23. The van der Waals surface area contributed by atoms with Gasteiger partial charge in [0.15, 0.2) is 11.4 Å². The number of hydrogen-bond acceptors (Lipinski definition) is 5. The number of nitrogens with one attached hydrogen (secondary N) is 1. The van der Waals surface area contributed by atoms with Crippen LogP contribution in [0.5, 0.6) is 0 Å². The summed E-state index contributed by atoms with van der Waals surface area (Å²) in [6.07, 6.45) is 2.50. The number of ketones is 1. The van der Waals surface area contributed by atoms with E-state index < -0.39 is 23.5 Å². The number of fused-ring (bicyclic) bond motifs is 1. The van der Waals surface area contributed by atoms with Gasteiger partial charge in [-0.05, 0) is 32.4 Å². The molecule has 8 heteroatoms. The van der Waals surface area contributed by atoms with Crippen LogP contribution in [0.25, 0.3) is 0 Å². The first-order chi connectivity index (χ1) is 16.4. The first-order valence-electron chi connectivity index (χ1n) is 11.3. The number of methoxy groups -OCH3 is 1. The van der Waals surface area contributed by atoms with Crippen LogP contribution < -0.4 is 10.2 Å². The van der Waals surface area contributed by atoms with E-state index in [0.29, 0.717) is 23.4 Å². The van der Waals surface area contributed by atoms with E-state index in [1.165, 1.54) is 7.11 Å². The number of rotatable bonds is 7. The predicted octanol–water partition coefficient (Wildman–Crippen LogP) is 4.05. The zero-order chi connectivity index (χ0) is 24.5. The van der Waals surface area contributed by atoms with Gasteiger partial charge >= 0.3 is 6.09 Å². The van der Waals surface area contributed by atoms with Crippen LogP contribution in [0.15, 0.2) is 67.0 Å². The summed E-state index contributed by atoms with van der Waals surface area (Å²) in [5.74, 6) is -1.64. The highest BCUT2D eigenvalue weighted by atomic mass is 16.5. The number of para-hydroxylation sites is 1. The van der Waals surface area contributed by atoms with E-state index in [0.717, 1.165) is 0 Å². The van der Waals surface area contributed by atoms with Gasteiger partial charge in [0.05, 0.1) is 13.0 Å². The van der Waals surface area contributed by atoms with E-state index in [4.69, 9.17) is 4.74 Å². The van der Waals surface area contributed by atoms with Gasteiger partial charge in [-0.3, -0.25) is 9.59 Å². The minimum Gasteiger partial charge on any atom is -0.453 e. The summed E-state index contributed by atoms with van der Waals surface area (Å²) in [4.78, 5) is 47.1. The fourth-order valence-corrected chi connectivity index (χ4v) is 4.77. The van der Waals surface area contributed by atoms with Crippen LogP contribution in [0.2, 0.25) is 0 Å². The number of Topliss-reactive ketones (excluding diaryl/α,β-unsaturated/α-hetero) is 1. The zero-order valence-corrected chi connectivity index (χ0v) is 19.7. The molecule has 0 bridgehead atoms. The van der Waals surface area contributed by atoms with Crippen molar-refractivity contribution in [1.82, 2.24) is 14.9 Å². The van der Waals surface area contributed by atoms with Crippen LogP contribution in [0.3, 0.4) is 0 Å². The third-order valence-electron chi connectivity index (χ3n) is 6.28. The van der Waals surface area contributed by atoms with E-state index in [9.17, 15) is 14.4 Å². The summed E-state index contributed by atoms with van der Waals surface area (Å²) in [5.41, 5.74) is 0.0547. The van der Waals surface area contributed by atoms with Gasteiger partial charge in [0.2, 0.25) is 5.78 Å². The largest absolute Gasteiger partial charge is 0.453 e. The minimum atomic E-state index is -1.72. The number of hydrogen-bond donors (Lipinski definition) is 1. The molecule has 4 rings (SSSR count). The normalized spacial score (nSPS) is 18.0. The molecule has 1 aliphatic heterocycles. The van der Waals surface area contributed by atoms with Crippen molar-refractivity contribution in [2.24, 2.45) is 0 Å². The smallest absolute Gasteiger partial charge is 0.408 e. The van der Waals surface area contributed by atoms with E-state index in [-0.39, 0.29) is 17.6 Å². The number of carbonyl (C=O) groups excluding carboxylic acids is 3. The molecular weight excluding hydrogens is 432 g/mol. The highest BCUT2D eigenvalue weighted by Gasteiger charge is 2.60. The van der Waals surface area contributed by atoms with Gasteiger partial charge < -0.3 is 19.5 Å². The van der Waals surface area contributed by atoms with E-state index in [2.05, 4.69) is 10.3 Å². The second-order valence-corrected chi connectivity index (χ2v) is 8.45. The maximum absolute atomic E-state index is 14.3. The van der Waals surface area contributed by atoms with Gasteiger partial charge in [-0.15, -0.1) is 0 Å². The number of ether oxygens (including phenoxy) is 1. The molecule has 0 saturated carbocycles. The average Bonchev–Trinajstić information content (AvgIpc) is 3.43. The summed E-state index contributed by atoms with van der Waals surface area (Å²) in [5, 5.41) is 2.79. The van der Waals surface area contributed by atoms with Gasteiger partial charge in [0, 0.05) is 36.2 Å². The molecule has 0 spiro atoms. The minimum absolute atomic E-state index is 0.0268. The number of amides is 2. The number of alkyl carbamates (subject to hydrolysis) is 1. The molecule has 8 nitrogen and oxygen atoms in total. The van der Waals surface area contributed by atoms with Crippen LogP contribution in [-0.2, 0) is 15.1 Å². The van der Waals surface area contributed by atoms with E-state index in [1.54, 1.807) is 58.3 Å². The van der Waals surface area contributed by atoms with Crippen molar-refractivity contribution in [1.29, 1.82) is 0 Å². The van der Waals surface area contributed by atoms with Crippen LogP contribution in [0.1, 0.15) is 54.5 Å². The fraction of sp³-hybridized carbons (Fsp3) is 0.308. The molecule has 3 aromatic rings. The molecule has 1 N–H and O–H groups in total. The molecule has 0 saturated heterocycles. The maximum Gasteiger partial charge on any atom is 0.408 e. The SMILES string of the molecule is CCN1C(=O)[C@@](NC(=O)OC)([C@H](C(=O)c2nccn2C(C)C)c2ccccc2)c2ccccc21. The van der Waals surface area contributed by atoms with E-state index >= 15 is 0 Å². The molecule has 176 valence electrons. The Labute approximate surface area is 198 Å². The third kappa shape index (κ3) is 3.55. The average molecular weight is 461 g/mol. The number of nitrogens with zero attached hydrogens (tertiary/aromatic N) is 3. The molecule has 1 aliphatic rings. The Bertz CT molecular complexity index is 1220. The standard InChI is InChI=1S/C26H28N4O4/c1-5-29-20-14-10-9-13-19(20)26(24(29)32,28-25(33)34-4)21(18-11-7-6-8-12-18)22(31)23-27-15-16-30(23)17(2)3/h6-17,21H,5H2,1-4H3,(H,28,33)/t21-,26-/m0/s1. The van der Waals surface area contributed by atoms with Crippen molar-refractivity contribution in [3.8, 4) is 0 Å². The molecule has 0 aliphatic carbocycles. The van der Waals surface area contributed by atoms with Crippen LogP contribution in [-0.4, -0.2) is 41.0 Å². The summed E-state index contributed by atoms with van der Waals surface area (Å²) >= 11 is 0. The highest BCUT2D eigenvalue weighted by molar-refractivity contribution is 6.15. The van der Waals surface area contributed by atoms with Crippen molar-refractivity contribution in [2.75, 3.05) is 18.6 Å². The van der Waals surface area contributed by atoms with Gasteiger partial charge in [-0.2, -0.15) is 0 Å². The second-order valence-electron chi connectivity index (χ2n) is 8.45. The first kappa shape index (κ1) is 23.2. The molecule has 2 amide bonds. The topological polar surface area (TPSA) is 93.5 Å². The van der Waals surface area contributed by atoms with Crippen molar-refractivity contribution < 1.29 is 19.1 Å². The zero-order valence-electron chi connectivity index (χ0n) is 19.7. The Kier molecular flexibility index (Phi) is 6.24. The van der Waals surface area contributed by atoms with Gasteiger partial charge in [0.25, 0.3) is 5.91 Å².